The smallest absolute Gasteiger partial charge is 0.170 e. The van der Waals surface area contributed by atoms with E-state index in [2.05, 4.69) is 13.8 Å². The number of hydrogen-bond donors (Lipinski definition) is 0. The van der Waals surface area contributed by atoms with Gasteiger partial charge >= 0.3 is 0 Å². The molecule has 1 aliphatic heterocycles. The van der Waals surface area contributed by atoms with Crippen LogP contribution in [-0.4, -0.2) is 24.3 Å². The summed E-state index contributed by atoms with van der Waals surface area (Å²) < 4.78 is 5.67. The Morgan fingerprint density at radius 1 is 1.29 bits per heavy atom. The lowest BCUT2D eigenvalue weighted by molar-refractivity contribution is -0.128. The van der Waals surface area contributed by atoms with Crippen molar-refractivity contribution < 1.29 is 14.3 Å². The van der Waals surface area contributed by atoms with Gasteiger partial charge in [-0.25, -0.2) is 0 Å². The van der Waals surface area contributed by atoms with Crippen LogP contribution in [0.4, 0.5) is 0 Å². The third kappa shape index (κ3) is 4.39. The lowest BCUT2D eigenvalue weighted by Crippen LogP contribution is -2.34. The van der Waals surface area contributed by atoms with Crippen molar-refractivity contribution in [2.45, 2.75) is 39.2 Å². The maximum absolute atomic E-state index is 12.3. The monoisotopic (exact) mass is 308 g/mol. The molecule has 21 heavy (non-hydrogen) atoms. The molecule has 2 atom stereocenters. The van der Waals surface area contributed by atoms with Gasteiger partial charge in [-0.3, -0.25) is 9.59 Å². The molecule has 0 radical (unpaired) electrons. The average Bonchev–Trinajstić information content (AvgIpc) is 2.48. The van der Waals surface area contributed by atoms with Crippen LogP contribution >= 0.6 is 11.6 Å². The van der Waals surface area contributed by atoms with Crippen LogP contribution in [0.25, 0.3) is 0 Å². The molecule has 0 unspecified atom stereocenters. The zero-order valence-corrected chi connectivity index (χ0v) is 13.2. The van der Waals surface area contributed by atoms with E-state index in [0.29, 0.717) is 23.1 Å². The van der Waals surface area contributed by atoms with E-state index >= 15 is 0 Å². The second-order valence-corrected chi connectivity index (χ2v) is 6.38. The van der Waals surface area contributed by atoms with Gasteiger partial charge in [-0.15, -0.1) is 0 Å². The molecule has 2 rings (SSSR count). The average molecular weight is 309 g/mol. The highest BCUT2D eigenvalue weighted by Crippen LogP contribution is 2.26. The molecule has 114 valence electrons. The number of carbonyl (C=O) groups is 2. The maximum atomic E-state index is 12.3. The molecule has 0 amide bonds. The first-order valence-electron chi connectivity index (χ1n) is 7.40. The predicted molar refractivity (Wildman–Crippen MR) is 82.7 cm³/mol. The lowest BCUT2D eigenvalue weighted by atomic mass is 9.85. The Balaban J connectivity index is 1.94. The highest BCUT2D eigenvalue weighted by Gasteiger charge is 2.30. The van der Waals surface area contributed by atoms with Gasteiger partial charge in [0.1, 0.15) is 5.78 Å². The third-order valence-corrected chi connectivity index (χ3v) is 4.27. The van der Waals surface area contributed by atoms with Gasteiger partial charge in [0.15, 0.2) is 5.78 Å². The highest BCUT2D eigenvalue weighted by molar-refractivity contribution is 6.30. The third-order valence-electron chi connectivity index (χ3n) is 4.01. The summed E-state index contributed by atoms with van der Waals surface area (Å²) in [6, 6.07) is 6.67. The molecule has 3 nitrogen and oxygen atoms in total. The summed E-state index contributed by atoms with van der Waals surface area (Å²) >= 11 is 5.80. The van der Waals surface area contributed by atoms with E-state index in [1.165, 1.54) is 0 Å². The fraction of sp³-hybridized carbons (Fsp3) is 0.529. The summed E-state index contributed by atoms with van der Waals surface area (Å²) in [6.07, 6.45) is 1.54. The fourth-order valence-corrected chi connectivity index (χ4v) is 2.75. The Morgan fingerprint density at radius 3 is 2.57 bits per heavy atom. The molecule has 1 fully saturated rings. The van der Waals surface area contributed by atoms with Crippen LogP contribution in [0.15, 0.2) is 24.3 Å². The van der Waals surface area contributed by atoms with Crippen LogP contribution in [0.1, 0.15) is 43.5 Å². The Labute approximate surface area is 130 Å². The van der Waals surface area contributed by atoms with Crippen molar-refractivity contribution in [2.75, 3.05) is 6.61 Å². The molecule has 0 spiro atoms. The number of benzene rings is 1. The molecule has 1 aromatic carbocycles. The number of ether oxygens (including phenoxy) is 1. The number of Topliss-reactive ketones (excluding diaryl/α,β-unsaturated/α-hetero) is 2. The summed E-state index contributed by atoms with van der Waals surface area (Å²) in [5, 5.41) is 0.585. The van der Waals surface area contributed by atoms with E-state index in [1.807, 2.05) is 0 Å². The molecule has 0 bridgehead atoms. The molecule has 0 aliphatic carbocycles. The number of halogens is 1. The molecule has 1 heterocycles. The van der Waals surface area contributed by atoms with Gasteiger partial charge < -0.3 is 4.74 Å². The minimum atomic E-state index is -0.135. The van der Waals surface area contributed by atoms with Crippen molar-refractivity contribution in [1.29, 1.82) is 0 Å². The van der Waals surface area contributed by atoms with E-state index in [4.69, 9.17) is 16.3 Å². The van der Waals surface area contributed by atoms with Gasteiger partial charge in [-0.1, -0.05) is 25.4 Å². The summed E-state index contributed by atoms with van der Waals surface area (Å²) in [6.45, 7) is 4.79. The number of carbonyl (C=O) groups excluding carboxylic acids is 2. The van der Waals surface area contributed by atoms with Crippen LogP contribution < -0.4 is 0 Å². The Kier molecular flexibility index (Phi) is 5.54. The molecule has 1 aromatic rings. The van der Waals surface area contributed by atoms with E-state index in [-0.39, 0.29) is 30.0 Å². The van der Waals surface area contributed by atoms with E-state index in [9.17, 15) is 9.59 Å². The molecular weight excluding hydrogens is 288 g/mol. The van der Waals surface area contributed by atoms with Crippen molar-refractivity contribution in [3.63, 3.8) is 0 Å². The van der Waals surface area contributed by atoms with Gasteiger partial charge in [0.25, 0.3) is 0 Å². The van der Waals surface area contributed by atoms with Crippen LogP contribution in [0.3, 0.4) is 0 Å². The first-order chi connectivity index (χ1) is 9.97. The largest absolute Gasteiger partial charge is 0.378 e. The second kappa shape index (κ2) is 7.19. The quantitative estimate of drug-likeness (QED) is 0.611. The standard InChI is InChI=1S/C17H21ClO3/c1-11(2)17-9-13(7-8-21-17)16(20)10-15(19)12-3-5-14(18)6-4-12/h3-6,11,13,17H,7-10H2,1-2H3/t13-,17-/m1/s1. The van der Waals surface area contributed by atoms with Crippen LogP contribution in [-0.2, 0) is 9.53 Å². The molecule has 1 aliphatic rings. The molecule has 0 aromatic heterocycles. The summed E-state index contributed by atoms with van der Waals surface area (Å²) in [5.74, 6) is 0.239. The van der Waals surface area contributed by atoms with E-state index in [0.717, 1.165) is 12.8 Å². The zero-order valence-electron chi connectivity index (χ0n) is 12.5. The van der Waals surface area contributed by atoms with Crippen LogP contribution in [0.2, 0.25) is 5.02 Å². The van der Waals surface area contributed by atoms with E-state index < -0.39 is 0 Å². The van der Waals surface area contributed by atoms with Gasteiger partial charge in [-0.05, 0) is 43.0 Å². The first kappa shape index (κ1) is 16.2. The summed E-state index contributed by atoms with van der Waals surface area (Å²) in [5.41, 5.74) is 0.542. The van der Waals surface area contributed by atoms with Crippen molar-refractivity contribution in [3.8, 4) is 0 Å². The highest BCUT2D eigenvalue weighted by atomic mass is 35.5. The predicted octanol–water partition coefficient (Wildman–Crippen LogP) is 3.93. The molecule has 4 heteroatoms. The Morgan fingerprint density at radius 2 is 1.95 bits per heavy atom. The van der Waals surface area contributed by atoms with Crippen molar-refractivity contribution >= 4 is 23.2 Å². The fourth-order valence-electron chi connectivity index (χ4n) is 2.63. The van der Waals surface area contributed by atoms with Crippen molar-refractivity contribution in [2.24, 2.45) is 11.8 Å². The normalized spacial score (nSPS) is 22.3. The molecule has 0 N–H and O–H groups in total. The van der Waals surface area contributed by atoms with Crippen LogP contribution in [0.5, 0.6) is 0 Å². The number of rotatable bonds is 5. The van der Waals surface area contributed by atoms with Gasteiger partial charge in [0.2, 0.25) is 0 Å². The van der Waals surface area contributed by atoms with Crippen molar-refractivity contribution in [3.05, 3.63) is 34.9 Å². The minimum Gasteiger partial charge on any atom is -0.378 e. The van der Waals surface area contributed by atoms with Gasteiger partial charge in [0, 0.05) is 23.1 Å². The summed E-state index contributed by atoms with van der Waals surface area (Å²) in [7, 11) is 0. The minimum absolute atomic E-state index is 0.0306. The van der Waals surface area contributed by atoms with Gasteiger partial charge in [0.05, 0.1) is 12.5 Å². The summed E-state index contributed by atoms with van der Waals surface area (Å²) in [4.78, 5) is 24.4. The van der Waals surface area contributed by atoms with E-state index in [1.54, 1.807) is 24.3 Å². The Bertz CT molecular complexity index is 507. The Hall–Kier alpha value is -1.19. The SMILES string of the molecule is CC(C)[C@H]1C[C@H](C(=O)CC(=O)c2ccc(Cl)cc2)CCO1. The maximum Gasteiger partial charge on any atom is 0.170 e. The first-order valence-corrected chi connectivity index (χ1v) is 7.78. The topological polar surface area (TPSA) is 43.4 Å². The zero-order chi connectivity index (χ0) is 15.4. The van der Waals surface area contributed by atoms with Crippen molar-refractivity contribution in [1.82, 2.24) is 0 Å². The van der Waals surface area contributed by atoms with Gasteiger partial charge in [-0.2, -0.15) is 0 Å². The molecular formula is C17H21ClO3. The van der Waals surface area contributed by atoms with Crippen LogP contribution in [0, 0.1) is 11.8 Å². The molecule has 0 saturated carbocycles. The molecule has 1 saturated heterocycles. The number of ketones is 2. The lowest BCUT2D eigenvalue weighted by Gasteiger charge is -2.31. The number of hydrogen-bond acceptors (Lipinski definition) is 3. The second-order valence-electron chi connectivity index (χ2n) is 5.95.